The molecule has 2 aliphatic heterocycles. The number of nitrogens with zero attached hydrogens (tertiary/aromatic N) is 10. The zero-order valence-electron chi connectivity index (χ0n) is 34.1. The molecule has 0 bridgehead atoms. The second kappa shape index (κ2) is 19.9. The number of aromatic nitrogens is 8. The Balaban J connectivity index is 0.000000148. The Labute approximate surface area is 366 Å². The van der Waals surface area contributed by atoms with Gasteiger partial charge in [-0.05, 0) is 90.9 Å². The number of nitrogen functional groups attached to an aromatic ring is 1. The lowest BCUT2D eigenvalue weighted by Gasteiger charge is -2.25. The van der Waals surface area contributed by atoms with E-state index in [2.05, 4.69) is 96.0 Å². The highest BCUT2D eigenvalue weighted by Gasteiger charge is 2.25. The average molecular weight is 885 g/mol. The van der Waals surface area contributed by atoms with Crippen LogP contribution in [-0.4, -0.2) is 64.3 Å². The number of pyridine rings is 2. The van der Waals surface area contributed by atoms with E-state index in [0.29, 0.717) is 17.9 Å². The van der Waals surface area contributed by atoms with Gasteiger partial charge in [-0.25, -0.2) is 29.0 Å². The van der Waals surface area contributed by atoms with E-state index >= 15 is 0 Å². The molecule has 0 radical (unpaired) electrons. The van der Waals surface area contributed by atoms with E-state index in [1.807, 2.05) is 89.7 Å². The number of imidazole rings is 2. The normalized spacial score (nSPS) is 15.9. The summed E-state index contributed by atoms with van der Waals surface area (Å²) >= 11 is 3.50. The molecule has 6 aromatic heterocycles. The van der Waals surface area contributed by atoms with Crippen molar-refractivity contribution in [2.24, 2.45) is 0 Å². The fourth-order valence-corrected chi connectivity index (χ4v) is 8.63. The Morgan fingerprint density at radius 2 is 1.17 bits per heavy atom. The topological polar surface area (TPSA) is 119 Å². The Morgan fingerprint density at radius 3 is 1.75 bits per heavy atom. The summed E-state index contributed by atoms with van der Waals surface area (Å²) in [4.78, 5) is 23.0. The molecule has 13 heteroatoms. The lowest BCUT2D eigenvalue weighted by molar-refractivity contribution is 0.640. The number of hydrogen-bond acceptors (Lipinski definition) is 9. The molecule has 8 aromatic rings. The first-order chi connectivity index (χ1) is 29.0. The quantitative estimate of drug-likeness (QED) is 0.159. The van der Waals surface area contributed by atoms with Crippen molar-refractivity contribution < 1.29 is 0 Å². The molecule has 2 aliphatic rings. The highest BCUT2D eigenvalue weighted by Crippen LogP contribution is 2.29. The van der Waals surface area contributed by atoms with Crippen LogP contribution in [0.3, 0.4) is 0 Å². The van der Waals surface area contributed by atoms with Gasteiger partial charge in [0.15, 0.2) is 11.3 Å². The van der Waals surface area contributed by atoms with Crippen molar-refractivity contribution in [2.75, 3.05) is 28.6 Å². The zero-order valence-corrected chi connectivity index (χ0v) is 36.5. The summed E-state index contributed by atoms with van der Waals surface area (Å²) in [5, 5.41) is 9.23. The summed E-state index contributed by atoms with van der Waals surface area (Å²) in [5.41, 5.74) is 13.7. The first-order valence-electron chi connectivity index (χ1n) is 20.6. The molecule has 2 aromatic carbocycles. The van der Waals surface area contributed by atoms with Gasteiger partial charge in [0.05, 0.1) is 15.9 Å². The van der Waals surface area contributed by atoms with Gasteiger partial charge in [-0.3, -0.25) is 0 Å². The molecule has 0 spiro atoms. The summed E-state index contributed by atoms with van der Waals surface area (Å²) in [6.07, 6.45) is 15.5. The second-order valence-electron chi connectivity index (χ2n) is 14.9. The third-order valence-corrected chi connectivity index (χ3v) is 11.7. The van der Waals surface area contributed by atoms with Crippen molar-refractivity contribution in [3.8, 4) is 22.5 Å². The number of rotatable bonds is 8. The molecule has 10 rings (SSSR count). The first-order valence-corrected chi connectivity index (χ1v) is 21.4. The van der Waals surface area contributed by atoms with Crippen LogP contribution in [0.15, 0.2) is 138 Å². The summed E-state index contributed by atoms with van der Waals surface area (Å²) in [6, 6.07) is 38.0. The molecule has 2 unspecified atom stereocenters. The van der Waals surface area contributed by atoms with E-state index < -0.39 is 0 Å². The van der Waals surface area contributed by atoms with E-state index in [9.17, 15) is 0 Å². The van der Waals surface area contributed by atoms with Crippen molar-refractivity contribution in [3.63, 3.8) is 0 Å². The lowest BCUT2D eigenvalue weighted by Crippen LogP contribution is -2.29. The predicted molar refractivity (Wildman–Crippen MR) is 249 cm³/mol. The molecule has 2 saturated heterocycles. The highest BCUT2D eigenvalue weighted by molar-refractivity contribution is 9.10. The minimum absolute atomic E-state index is 0. The third kappa shape index (κ3) is 9.77. The molecule has 0 saturated carbocycles. The smallest absolute Gasteiger partial charge is 0.167 e. The molecule has 308 valence electrons. The average Bonchev–Trinajstić information content (AvgIpc) is 4.12. The summed E-state index contributed by atoms with van der Waals surface area (Å²) in [7, 11) is 0. The van der Waals surface area contributed by atoms with Gasteiger partial charge in [-0.1, -0.05) is 86.6 Å². The first kappa shape index (κ1) is 42.3. The van der Waals surface area contributed by atoms with E-state index in [4.69, 9.17) is 15.8 Å². The Kier molecular flexibility index (Phi) is 14.0. The SMILES string of the molecule is Brc1cc(-c2ccccc2)nn2ccnc12.CCC1CCCN1c1cccc(Cc2cc(-c3ccccc3)nn3ccnc23)n1.CCC1CCCN1c1cccc(N)n1.Cl. The van der Waals surface area contributed by atoms with Crippen LogP contribution in [0.25, 0.3) is 33.8 Å². The summed E-state index contributed by atoms with van der Waals surface area (Å²) in [6.45, 7) is 6.72. The van der Waals surface area contributed by atoms with Crippen LogP contribution in [0.5, 0.6) is 0 Å². The molecule has 2 atom stereocenters. The van der Waals surface area contributed by atoms with Crippen LogP contribution in [0.2, 0.25) is 0 Å². The largest absolute Gasteiger partial charge is 0.384 e. The molecule has 8 heterocycles. The maximum absolute atomic E-state index is 5.68. The minimum atomic E-state index is 0. The van der Waals surface area contributed by atoms with Gasteiger partial charge in [-0.15, -0.1) is 12.4 Å². The van der Waals surface area contributed by atoms with Crippen molar-refractivity contribution in [1.29, 1.82) is 0 Å². The van der Waals surface area contributed by atoms with Gasteiger partial charge in [0.2, 0.25) is 0 Å². The number of nitrogens with two attached hydrogens (primary N) is 1. The second-order valence-corrected chi connectivity index (χ2v) is 15.8. The van der Waals surface area contributed by atoms with Gasteiger partial charge in [0.1, 0.15) is 17.5 Å². The molecule has 60 heavy (non-hydrogen) atoms. The monoisotopic (exact) mass is 883 g/mol. The summed E-state index contributed by atoms with van der Waals surface area (Å²) < 4.78 is 4.59. The maximum atomic E-state index is 5.68. The van der Waals surface area contributed by atoms with Crippen molar-refractivity contribution in [3.05, 3.63) is 150 Å². The van der Waals surface area contributed by atoms with E-state index in [1.165, 1.54) is 38.5 Å². The van der Waals surface area contributed by atoms with Crippen LogP contribution in [0.4, 0.5) is 17.5 Å². The number of halogens is 2. The number of benzene rings is 2. The fourth-order valence-electron chi connectivity index (χ4n) is 8.13. The van der Waals surface area contributed by atoms with Crippen LogP contribution in [-0.2, 0) is 6.42 Å². The molecular formula is C47H51BrClN11. The highest BCUT2D eigenvalue weighted by atomic mass is 79.9. The summed E-state index contributed by atoms with van der Waals surface area (Å²) in [5.74, 6) is 2.75. The Bertz CT molecular complexity index is 2600. The molecule has 2 N–H and O–H groups in total. The van der Waals surface area contributed by atoms with Gasteiger partial charge in [0, 0.05) is 78.8 Å². The van der Waals surface area contributed by atoms with Crippen molar-refractivity contribution in [2.45, 2.75) is 70.9 Å². The van der Waals surface area contributed by atoms with Crippen LogP contribution < -0.4 is 15.5 Å². The standard InChI is InChI=1S/C24H25N5.C12H8BrN3.C11H17N3.ClH/c1-2-21-11-7-14-28(21)23-12-6-10-20(26-23)16-19-17-22(18-8-4-3-5-9-18)27-29-15-13-25-24(19)29;13-10-8-11(9-4-2-1-3-5-9)15-16-7-6-14-12(10)16;1-2-9-5-4-8-14(9)11-7-3-6-10(12)13-11;/h3-6,8-10,12-13,15,17,21H,2,7,11,14,16H2,1H3;1-8H;3,6-7,9H,2,4-5,8H2,1H3,(H2,12,13);1H. The van der Waals surface area contributed by atoms with Crippen molar-refractivity contribution in [1.82, 2.24) is 39.2 Å². The fraction of sp³-hybridized carbons (Fsp3) is 0.277. The van der Waals surface area contributed by atoms with E-state index in [0.717, 1.165) is 80.7 Å². The van der Waals surface area contributed by atoms with Crippen LogP contribution >= 0.6 is 28.3 Å². The van der Waals surface area contributed by atoms with Crippen LogP contribution in [0, 0.1) is 0 Å². The minimum Gasteiger partial charge on any atom is -0.384 e. The van der Waals surface area contributed by atoms with Crippen LogP contribution in [0.1, 0.15) is 63.6 Å². The third-order valence-electron chi connectivity index (χ3n) is 11.1. The van der Waals surface area contributed by atoms with Gasteiger partial charge >= 0.3 is 0 Å². The van der Waals surface area contributed by atoms with Crippen molar-refractivity contribution >= 4 is 57.1 Å². The molecule has 2 fully saturated rings. The number of fused-ring (bicyclic) bond motifs is 2. The van der Waals surface area contributed by atoms with Gasteiger partial charge < -0.3 is 15.5 Å². The molecular weight excluding hydrogens is 834 g/mol. The number of hydrogen-bond donors (Lipinski definition) is 1. The van der Waals surface area contributed by atoms with Gasteiger partial charge in [-0.2, -0.15) is 10.2 Å². The zero-order chi connectivity index (χ0) is 40.6. The van der Waals surface area contributed by atoms with E-state index in [1.54, 1.807) is 16.9 Å². The molecule has 11 nitrogen and oxygen atoms in total. The predicted octanol–water partition coefficient (Wildman–Crippen LogP) is 10.4. The Morgan fingerprint density at radius 1 is 0.633 bits per heavy atom. The lowest BCUT2D eigenvalue weighted by atomic mass is 10.1. The maximum Gasteiger partial charge on any atom is 0.167 e. The van der Waals surface area contributed by atoms with E-state index in [-0.39, 0.29) is 12.4 Å². The molecule has 0 aliphatic carbocycles. The molecule has 0 amide bonds. The Hall–Kier alpha value is -5.85. The number of anilines is 3. The van der Waals surface area contributed by atoms with Gasteiger partial charge in [0.25, 0.3) is 0 Å².